The normalized spacial score (nSPS) is 15.2. The highest BCUT2D eigenvalue weighted by Gasteiger charge is 2.29. The molecule has 0 bridgehead atoms. The van der Waals surface area contributed by atoms with Gasteiger partial charge in [-0.2, -0.15) is 0 Å². The van der Waals surface area contributed by atoms with Gasteiger partial charge in [-0.15, -0.1) is 6.58 Å². The van der Waals surface area contributed by atoms with Crippen LogP contribution in [0, 0.1) is 5.92 Å². The van der Waals surface area contributed by atoms with E-state index in [1.165, 1.54) is 29.9 Å². The molecule has 0 amide bonds. The Bertz CT molecular complexity index is 1020. The molecular weight excluding hydrogens is 423 g/mol. The summed E-state index contributed by atoms with van der Waals surface area (Å²) in [6.45, 7) is 6.14. The number of benzene rings is 3. The quantitative estimate of drug-likeness (QED) is 0.219. The van der Waals surface area contributed by atoms with E-state index in [4.69, 9.17) is 4.74 Å². The lowest BCUT2D eigenvalue weighted by molar-refractivity contribution is 0.00813. The molecule has 0 heterocycles. The van der Waals surface area contributed by atoms with Gasteiger partial charge in [0.1, 0.15) is 6.10 Å². The molecule has 0 radical (unpaired) electrons. The Morgan fingerprint density at radius 2 is 1.42 bits per heavy atom. The minimum Gasteiger partial charge on any atom is -0.458 e. The fourth-order valence-electron chi connectivity index (χ4n) is 4.78. The van der Waals surface area contributed by atoms with Crippen LogP contribution in [0.1, 0.15) is 55.8 Å². The number of ether oxygens (including phenoxy) is 1. The molecule has 1 aliphatic carbocycles. The van der Waals surface area contributed by atoms with Crippen molar-refractivity contribution in [1.29, 1.82) is 0 Å². The lowest BCUT2D eigenvalue weighted by Crippen LogP contribution is -2.32. The standard InChI is InChI=1S/C30H33O2P/c1-23(2)22-28(24-14-6-3-7-15-24)32-30(31)27-20-12-13-21-29(27)33(25-16-8-4-9-17-25)26-18-10-5-11-19-26/h4-5,8-13,16-21,24,28H,1,3,6-7,14-15,22H2,2H3/t28-/m0/s1. The van der Waals surface area contributed by atoms with Crippen molar-refractivity contribution in [3.8, 4) is 0 Å². The maximum atomic E-state index is 13.6. The molecule has 170 valence electrons. The van der Waals surface area contributed by atoms with Gasteiger partial charge in [-0.1, -0.05) is 104 Å². The van der Waals surface area contributed by atoms with Gasteiger partial charge in [0.2, 0.25) is 0 Å². The molecule has 0 unspecified atom stereocenters. The predicted molar refractivity (Wildman–Crippen MR) is 140 cm³/mol. The maximum Gasteiger partial charge on any atom is 0.339 e. The molecule has 1 aliphatic rings. The molecule has 0 N–H and O–H groups in total. The first kappa shape index (κ1) is 23.5. The molecule has 2 nitrogen and oxygen atoms in total. The zero-order chi connectivity index (χ0) is 23.0. The van der Waals surface area contributed by atoms with Crippen LogP contribution in [0.25, 0.3) is 0 Å². The van der Waals surface area contributed by atoms with Gasteiger partial charge in [-0.05, 0) is 55.6 Å². The second-order valence-corrected chi connectivity index (χ2v) is 11.2. The fraction of sp³-hybridized carbons (Fsp3) is 0.300. The van der Waals surface area contributed by atoms with Crippen LogP contribution in [-0.2, 0) is 4.74 Å². The molecule has 0 aliphatic heterocycles. The van der Waals surface area contributed by atoms with Gasteiger partial charge in [0.25, 0.3) is 0 Å². The number of hydrogen-bond donors (Lipinski definition) is 0. The van der Waals surface area contributed by atoms with Crippen molar-refractivity contribution in [1.82, 2.24) is 0 Å². The van der Waals surface area contributed by atoms with Crippen LogP contribution in [0.5, 0.6) is 0 Å². The van der Waals surface area contributed by atoms with Crippen LogP contribution in [0.4, 0.5) is 0 Å². The largest absolute Gasteiger partial charge is 0.458 e. The number of carbonyl (C=O) groups is 1. The second kappa shape index (κ2) is 11.4. The van der Waals surface area contributed by atoms with Gasteiger partial charge in [-0.3, -0.25) is 0 Å². The molecule has 0 aromatic heterocycles. The van der Waals surface area contributed by atoms with Crippen molar-refractivity contribution < 1.29 is 9.53 Å². The van der Waals surface area contributed by atoms with E-state index < -0.39 is 7.92 Å². The molecule has 3 aromatic carbocycles. The first-order chi connectivity index (χ1) is 16.1. The molecule has 4 rings (SSSR count). The third-order valence-corrected chi connectivity index (χ3v) is 8.88. The van der Waals surface area contributed by atoms with E-state index in [0.717, 1.165) is 30.1 Å². The summed E-state index contributed by atoms with van der Waals surface area (Å²) in [5.74, 6) is 0.220. The molecule has 1 fully saturated rings. The lowest BCUT2D eigenvalue weighted by Gasteiger charge is -2.30. The van der Waals surface area contributed by atoms with Gasteiger partial charge in [-0.25, -0.2) is 4.79 Å². The highest BCUT2D eigenvalue weighted by Crippen LogP contribution is 2.35. The van der Waals surface area contributed by atoms with Gasteiger partial charge < -0.3 is 4.74 Å². The van der Waals surface area contributed by atoms with Crippen LogP contribution < -0.4 is 15.9 Å². The summed E-state index contributed by atoms with van der Waals surface area (Å²) in [6.07, 6.45) is 6.64. The highest BCUT2D eigenvalue weighted by molar-refractivity contribution is 7.80. The Morgan fingerprint density at radius 1 is 0.879 bits per heavy atom. The van der Waals surface area contributed by atoms with Gasteiger partial charge >= 0.3 is 5.97 Å². The summed E-state index contributed by atoms with van der Waals surface area (Å²) in [4.78, 5) is 13.6. The van der Waals surface area contributed by atoms with E-state index >= 15 is 0 Å². The van der Waals surface area contributed by atoms with Gasteiger partial charge in [0.15, 0.2) is 0 Å². The zero-order valence-electron chi connectivity index (χ0n) is 19.5. The fourth-order valence-corrected chi connectivity index (χ4v) is 7.21. The van der Waals surface area contributed by atoms with Crippen molar-refractivity contribution in [2.24, 2.45) is 5.92 Å². The minimum absolute atomic E-state index is 0.0944. The zero-order valence-corrected chi connectivity index (χ0v) is 20.3. The number of carbonyl (C=O) groups excluding carboxylic acids is 1. The third-order valence-electron chi connectivity index (χ3n) is 6.38. The summed E-state index contributed by atoms with van der Waals surface area (Å²) in [6, 6.07) is 29.0. The molecule has 0 spiro atoms. The van der Waals surface area contributed by atoms with Crippen LogP contribution in [-0.4, -0.2) is 12.1 Å². The number of hydrogen-bond acceptors (Lipinski definition) is 2. The topological polar surface area (TPSA) is 26.3 Å². The first-order valence-electron chi connectivity index (χ1n) is 12.0. The Labute approximate surface area is 199 Å². The first-order valence-corrected chi connectivity index (χ1v) is 13.3. The summed E-state index contributed by atoms with van der Waals surface area (Å²) in [5.41, 5.74) is 1.75. The average Bonchev–Trinajstić information content (AvgIpc) is 2.86. The molecule has 0 saturated heterocycles. The van der Waals surface area contributed by atoms with Crippen LogP contribution in [0.15, 0.2) is 97.1 Å². The number of esters is 1. The highest BCUT2D eigenvalue weighted by atomic mass is 31.1. The van der Waals surface area contributed by atoms with Crippen LogP contribution in [0.3, 0.4) is 0 Å². The summed E-state index contributed by atoms with van der Waals surface area (Å²) < 4.78 is 6.26. The van der Waals surface area contributed by atoms with E-state index in [1.807, 2.05) is 37.3 Å². The molecule has 1 atom stereocenters. The Balaban J connectivity index is 1.69. The van der Waals surface area contributed by atoms with E-state index in [0.29, 0.717) is 11.5 Å². The van der Waals surface area contributed by atoms with E-state index in [1.54, 1.807) is 0 Å². The van der Waals surface area contributed by atoms with E-state index in [2.05, 4.69) is 61.2 Å². The maximum absolute atomic E-state index is 13.6. The average molecular weight is 457 g/mol. The van der Waals surface area contributed by atoms with Crippen LogP contribution >= 0.6 is 7.92 Å². The van der Waals surface area contributed by atoms with E-state index in [9.17, 15) is 4.79 Å². The van der Waals surface area contributed by atoms with Gasteiger partial charge in [0, 0.05) is 6.42 Å². The Morgan fingerprint density at radius 3 is 2.00 bits per heavy atom. The Hall–Kier alpha value is -2.70. The molecule has 3 aromatic rings. The van der Waals surface area contributed by atoms with Crippen molar-refractivity contribution in [3.05, 3.63) is 103 Å². The van der Waals surface area contributed by atoms with Crippen molar-refractivity contribution >= 4 is 29.8 Å². The minimum atomic E-state index is -0.874. The summed E-state index contributed by atoms with van der Waals surface area (Å²) >= 11 is 0. The molecule has 1 saturated carbocycles. The smallest absolute Gasteiger partial charge is 0.339 e. The van der Waals surface area contributed by atoms with E-state index in [-0.39, 0.29) is 12.1 Å². The predicted octanol–water partition coefficient (Wildman–Crippen LogP) is 6.52. The van der Waals surface area contributed by atoms with Crippen molar-refractivity contribution in [2.75, 3.05) is 0 Å². The summed E-state index contributed by atoms with van der Waals surface area (Å²) in [5, 5.41) is 3.50. The van der Waals surface area contributed by atoms with Gasteiger partial charge in [0.05, 0.1) is 5.56 Å². The monoisotopic (exact) mass is 456 g/mol. The molecular formula is C30H33O2P. The lowest BCUT2D eigenvalue weighted by atomic mass is 9.83. The van der Waals surface area contributed by atoms with Crippen molar-refractivity contribution in [2.45, 2.75) is 51.6 Å². The summed E-state index contributed by atoms with van der Waals surface area (Å²) in [7, 11) is -0.874. The third kappa shape index (κ3) is 6.01. The molecule has 33 heavy (non-hydrogen) atoms. The van der Waals surface area contributed by atoms with Crippen molar-refractivity contribution in [3.63, 3.8) is 0 Å². The number of rotatable bonds is 8. The molecule has 3 heteroatoms. The SMILES string of the molecule is C=C(C)C[C@H](OC(=O)c1ccccc1P(c1ccccc1)c1ccccc1)C1CCCCC1. The Kier molecular flexibility index (Phi) is 8.13. The van der Waals surface area contributed by atoms with Crippen LogP contribution in [0.2, 0.25) is 0 Å². The second-order valence-electron chi connectivity index (χ2n) is 9.03.